The van der Waals surface area contributed by atoms with Crippen molar-refractivity contribution in [2.75, 3.05) is 41.9 Å². The lowest BCUT2D eigenvalue weighted by molar-refractivity contribution is 0.0696. The van der Waals surface area contributed by atoms with Gasteiger partial charge in [0, 0.05) is 71.6 Å². The molecule has 1 heterocycles. The summed E-state index contributed by atoms with van der Waals surface area (Å²) in [7, 11) is 0. The summed E-state index contributed by atoms with van der Waals surface area (Å²) in [5.74, 6) is 3.32. The number of hydrogen-bond donors (Lipinski definition) is 4. The second-order valence-electron chi connectivity index (χ2n) is 11.8. The molecule has 6 rings (SSSR count). The van der Waals surface area contributed by atoms with Crippen molar-refractivity contribution in [1.29, 1.82) is 0 Å². The van der Waals surface area contributed by atoms with Crippen LogP contribution in [0.1, 0.15) is 39.5 Å². The van der Waals surface area contributed by atoms with Gasteiger partial charge < -0.3 is 25.4 Å². The number of aliphatic hydroxyl groups excluding tert-OH is 1. The Hall–Kier alpha value is -4.31. The van der Waals surface area contributed by atoms with Crippen LogP contribution in [0.5, 0.6) is 11.5 Å². The summed E-state index contributed by atoms with van der Waals surface area (Å²) in [5.41, 5.74) is 6.48. The van der Waals surface area contributed by atoms with E-state index < -0.39 is 5.97 Å². The molecule has 0 saturated heterocycles. The maximum atomic E-state index is 12.4. The van der Waals surface area contributed by atoms with E-state index in [4.69, 9.17) is 4.74 Å². The second-order valence-corrected chi connectivity index (χ2v) is 14.1. The Kier molecular flexibility index (Phi) is 10.7. The summed E-state index contributed by atoms with van der Waals surface area (Å²) in [6, 6.07) is 18.7. The quantitative estimate of drug-likeness (QED) is 0.125. The molecule has 48 heavy (non-hydrogen) atoms. The monoisotopic (exact) mass is 680 g/mol. The van der Waals surface area contributed by atoms with E-state index in [9.17, 15) is 20.1 Å². The largest absolute Gasteiger partial charge is 0.508 e. The van der Waals surface area contributed by atoms with E-state index >= 15 is 0 Å². The normalized spacial score (nSPS) is 16.3. The van der Waals surface area contributed by atoms with Crippen molar-refractivity contribution in [2.24, 2.45) is 5.92 Å². The van der Waals surface area contributed by atoms with E-state index in [0.717, 1.165) is 59.3 Å². The van der Waals surface area contributed by atoms with Gasteiger partial charge in [-0.1, -0.05) is 61.5 Å². The Morgan fingerprint density at radius 1 is 0.958 bits per heavy atom. The Balaban J connectivity index is 1.40. The van der Waals surface area contributed by atoms with Gasteiger partial charge in [-0.3, -0.25) is 4.90 Å². The molecule has 4 N–H and O–H groups in total. The number of phenolic OH excluding ortho intramolecular Hbond substituents is 1. The number of nitrogens with zero attached hydrogens (tertiary/aromatic N) is 1. The number of ether oxygens (including phenoxy) is 1. The van der Waals surface area contributed by atoms with E-state index in [-0.39, 0.29) is 29.5 Å². The molecule has 1 aliphatic heterocycles. The van der Waals surface area contributed by atoms with E-state index in [1.807, 2.05) is 60.0 Å². The lowest BCUT2D eigenvalue weighted by Gasteiger charge is -2.33. The number of fused-ring (bicyclic) bond motifs is 3. The molecule has 0 aromatic heterocycles. The van der Waals surface area contributed by atoms with Crippen molar-refractivity contribution in [3.8, 4) is 11.5 Å². The number of hydrogen-bond acceptors (Lipinski definition) is 8. The van der Waals surface area contributed by atoms with Crippen LogP contribution in [0.3, 0.4) is 0 Å². The highest BCUT2D eigenvalue weighted by Gasteiger charge is 2.34. The van der Waals surface area contributed by atoms with Gasteiger partial charge in [0.15, 0.2) is 0 Å². The van der Waals surface area contributed by atoms with Gasteiger partial charge in [-0.05, 0) is 59.6 Å². The molecule has 3 aromatic rings. The van der Waals surface area contributed by atoms with Gasteiger partial charge in [0.1, 0.15) is 23.0 Å². The Morgan fingerprint density at radius 2 is 1.75 bits per heavy atom. The number of carboxylic acid groups (broad SMARTS) is 1. The van der Waals surface area contributed by atoms with Gasteiger partial charge in [0.25, 0.3) is 0 Å². The zero-order valence-corrected chi connectivity index (χ0v) is 28.7. The first-order valence-electron chi connectivity index (χ1n) is 16.1. The van der Waals surface area contributed by atoms with Crippen LogP contribution in [0.4, 0.5) is 5.69 Å². The molecule has 7 nitrogen and oxygen atoms in total. The molecular formula is C39H40N2O5S2. The summed E-state index contributed by atoms with van der Waals surface area (Å²) >= 11 is 3.81. The smallest absolute Gasteiger partial charge is 0.336 e. The van der Waals surface area contributed by atoms with Crippen LogP contribution < -0.4 is 10.1 Å². The number of carboxylic acids is 1. The molecule has 0 radical (unpaired) electrons. The van der Waals surface area contributed by atoms with Crippen LogP contribution in [0.2, 0.25) is 0 Å². The highest BCUT2D eigenvalue weighted by Crippen LogP contribution is 2.50. The van der Waals surface area contributed by atoms with Gasteiger partial charge in [-0.15, -0.1) is 0 Å². The number of carbonyl (C=O) groups is 1. The standard InChI is InChI=1S/C39H40N2O5S2/c1-3-48-21-19-41(18-20-47-2)24-26-8-4-7-11-34(26)40-23-33-35(43)17-16-32-36(29-9-5-6-10-30(29)39(44)45)31-14-12-25-22-27(42)13-15-28(25)37(31)46-38(32)33/h4-17,22,25,40,42-43H,3,18-21,23-24H2,1-2H3,(H,44,45). The summed E-state index contributed by atoms with van der Waals surface area (Å²) in [6.07, 6.45) is 11.3. The number of aromatic carboxylic acids is 1. The van der Waals surface area contributed by atoms with E-state index in [1.54, 1.807) is 36.4 Å². The fourth-order valence-corrected chi connectivity index (χ4v) is 7.47. The summed E-state index contributed by atoms with van der Waals surface area (Å²) in [4.78, 5) is 14.9. The third-order valence-corrected chi connectivity index (χ3v) is 10.2. The van der Waals surface area contributed by atoms with Crippen LogP contribution in [0, 0.1) is 5.92 Å². The molecule has 9 heteroatoms. The lowest BCUT2D eigenvalue weighted by atomic mass is 9.79. The summed E-state index contributed by atoms with van der Waals surface area (Å²) in [6.45, 7) is 5.30. The number of aliphatic hydroxyl groups is 1. The topological polar surface area (TPSA) is 102 Å². The van der Waals surface area contributed by atoms with Crippen molar-refractivity contribution in [3.05, 3.63) is 142 Å². The number of aromatic hydroxyl groups is 1. The first-order chi connectivity index (χ1) is 23.4. The Morgan fingerprint density at radius 3 is 2.56 bits per heavy atom. The van der Waals surface area contributed by atoms with Gasteiger partial charge in [0.05, 0.1) is 11.1 Å². The van der Waals surface area contributed by atoms with Crippen LogP contribution in [0.15, 0.2) is 114 Å². The predicted octanol–water partition coefficient (Wildman–Crippen LogP) is 8.27. The van der Waals surface area contributed by atoms with Crippen molar-refractivity contribution in [1.82, 2.24) is 4.90 Å². The summed E-state index contributed by atoms with van der Waals surface area (Å²) < 4.78 is 6.74. The van der Waals surface area contributed by atoms with Gasteiger partial charge in [-0.25, -0.2) is 4.79 Å². The van der Waals surface area contributed by atoms with Crippen LogP contribution >= 0.6 is 23.5 Å². The first-order valence-corrected chi connectivity index (χ1v) is 18.7. The van der Waals surface area contributed by atoms with E-state index in [0.29, 0.717) is 28.2 Å². The second kappa shape index (κ2) is 15.3. The molecule has 1 atom stereocenters. The number of allylic oxidation sites excluding steroid dienone is 6. The molecule has 0 fully saturated rings. The molecular weight excluding hydrogens is 641 g/mol. The van der Waals surface area contributed by atoms with Crippen molar-refractivity contribution >= 4 is 40.8 Å². The van der Waals surface area contributed by atoms with Crippen molar-refractivity contribution < 1.29 is 24.9 Å². The molecule has 248 valence electrons. The number of thioether (sulfide) groups is 2. The third kappa shape index (κ3) is 7.09. The minimum Gasteiger partial charge on any atom is -0.508 e. The van der Waals surface area contributed by atoms with Gasteiger partial charge in [-0.2, -0.15) is 23.5 Å². The minimum atomic E-state index is -1.03. The molecule has 3 aromatic carbocycles. The van der Waals surface area contributed by atoms with Crippen molar-refractivity contribution in [2.45, 2.75) is 20.0 Å². The SMILES string of the molecule is CCSCCN(CCSC)Cc1ccccc1NCc1c(O)ccc2c1OC1=C3C=CC(O)=CC3C=CC1=C2c1ccccc1C(=O)O. The fourth-order valence-electron chi connectivity index (χ4n) is 6.35. The Bertz CT molecular complexity index is 1860. The maximum absolute atomic E-state index is 12.4. The van der Waals surface area contributed by atoms with Gasteiger partial charge in [0.2, 0.25) is 0 Å². The predicted molar refractivity (Wildman–Crippen MR) is 198 cm³/mol. The molecule has 2 aliphatic carbocycles. The zero-order valence-electron chi connectivity index (χ0n) is 27.1. The van der Waals surface area contributed by atoms with E-state index in [1.165, 1.54) is 5.56 Å². The highest BCUT2D eigenvalue weighted by molar-refractivity contribution is 7.99. The fraction of sp³-hybridized carbons (Fsp3) is 0.256. The zero-order chi connectivity index (χ0) is 33.6. The van der Waals surface area contributed by atoms with Gasteiger partial charge >= 0.3 is 5.97 Å². The van der Waals surface area contributed by atoms with Crippen LogP contribution in [0.25, 0.3) is 5.57 Å². The number of anilines is 1. The Labute approximate surface area is 290 Å². The molecule has 3 aliphatic rings. The molecule has 0 amide bonds. The molecule has 1 unspecified atom stereocenters. The summed E-state index contributed by atoms with van der Waals surface area (Å²) in [5, 5.41) is 35.3. The minimum absolute atomic E-state index is 0.0801. The first kappa shape index (κ1) is 33.6. The number of nitrogens with one attached hydrogen (secondary N) is 1. The number of para-hydroxylation sites is 1. The van der Waals surface area contributed by atoms with E-state index in [2.05, 4.69) is 41.6 Å². The maximum Gasteiger partial charge on any atom is 0.336 e. The molecule has 0 saturated carbocycles. The number of benzene rings is 3. The lowest BCUT2D eigenvalue weighted by Crippen LogP contribution is -2.28. The van der Waals surface area contributed by atoms with Crippen molar-refractivity contribution in [3.63, 3.8) is 0 Å². The average Bonchev–Trinajstić information content (AvgIpc) is 3.09. The molecule has 0 spiro atoms. The third-order valence-electron chi connectivity index (χ3n) is 8.76. The van der Waals surface area contributed by atoms with Crippen LogP contribution in [-0.4, -0.2) is 62.8 Å². The average molecular weight is 681 g/mol. The number of rotatable bonds is 14. The molecule has 0 bridgehead atoms. The van der Waals surface area contributed by atoms with Crippen LogP contribution in [-0.2, 0) is 13.1 Å². The number of phenols is 1. The highest BCUT2D eigenvalue weighted by atomic mass is 32.2.